The van der Waals surface area contributed by atoms with Crippen molar-refractivity contribution in [2.45, 2.75) is 26.9 Å². The number of amides is 1. The first-order chi connectivity index (χ1) is 6.91. The predicted octanol–water partition coefficient (Wildman–Crippen LogP) is 2.44. The molecule has 2 N–H and O–H groups in total. The predicted molar refractivity (Wildman–Crippen MR) is 61.2 cm³/mol. The van der Waals surface area contributed by atoms with Crippen LogP contribution in [0.25, 0.3) is 0 Å². The van der Waals surface area contributed by atoms with E-state index in [1.54, 1.807) is 0 Å². The minimum atomic E-state index is -0.641. The zero-order chi connectivity index (χ0) is 11.6. The summed E-state index contributed by atoms with van der Waals surface area (Å²) in [5.74, 6) is -0.140. The number of aromatic nitrogens is 1. The number of anilines is 1. The zero-order valence-corrected chi connectivity index (χ0v) is 10.3. The highest BCUT2D eigenvalue weighted by Gasteiger charge is 2.20. The quantitative estimate of drug-likeness (QED) is 0.864. The van der Waals surface area contributed by atoms with E-state index >= 15 is 0 Å². The summed E-state index contributed by atoms with van der Waals surface area (Å²) in [6.07, 6.45) is -0.641. The maximum atomic E-state index is 10.8. The minimum absolute atomic E-state index is 0.0631. The molecule has 15 heavy (non-hydrogen) atoms. The van der Waals surface area contributed by atoms with Gasteiger partial charge >= 0.3 is 0 Å². The number of nitrogens with zero attached hydrogens (tertiary/aromatic N) is 1. The van der Waals surface area contributed by atoms with Gasteiger partial charge in [-0.2, -0.15) is 0 Å². The second-order valence-electron chi connectivity index (χ2n) is 3.54. The van der Waals surface area contributed by atoms with E-state index in [1.165, 1.54) is 18.3 Å². The molecule has 1 aromatic rings. The molecule has 0 spiro atoms. The Bertz CT molecular complexity index is 365. The Balaban J connectivity index is 2.90. The minimum Gasteiger partial charge on any atom is -0.387 e. The molecule has 0 aromatic carbocycles. The van der Waals surface area contributed by atoms with Gasteiger partial charge in [0.1, 0.15) is 5.15 Å². The Morgan fingerprint density at radius 2 is 2.20 bits per heavy atom. The van der Waals surface area contributed by atoms with Gasteiger partial charge in [0, 0.05) is 6.92 Å². The molecule has 0 aliphatic carbocycles. The van der Waals surface area contributed by atoms with Crippen LogP contribution >= 0.6 is 22.9 Å². The van der Waals surface area contributed by atoms with Gasteiger partial charge in [0.05, 0.1) is 11.0 Å². The highest BCUT2D eigenvalue weighted by atomic mass is 35.5. The third kappa shape index (κ3) is 3.15. The lowest BCUT2D eigenvalue weighted by Crippen LogP contribution is -2.04. The second-order valence-corrected chi connectivity index (χ2v) is 4.93. The molecule has 6 heteroatoms. The fraction of sp³-hybridized carbons (Fsp3) is 0.556. The van der Waals surface area contributed by atoms with Crippen molar-refractivity contribution in [2.24, 2.45) is 5.92 Å². The van der Waals surface area contributed by atoms with Crippen molar-refractivity contribution in [2.75, 3.05) is 5.32 Å². The summed E-state index contributed by atoms with van der Waals surface area (Å²) in [5.41, 5.74) is 0. The molecular formula is C9H13ClN2O2S. The van der Waals surface area contributed by atoms with E-state index in [2.05, 4.69) is 10.3 Å². The number of nitrogens with one attached hydrogen (secondary N) is 1. The van der Waals surface area contributed by atoms with Gasteiger partial charge in [-0.15, -0.1) is 0 Å². The van der Waals surface area contributed by atoms with E-state index in [9.17, 15) is 9.90 Å². The number of rotatable bonds is 3. The van der Waals surface area contributed by atoms with Crippen molar-refractivity contribution >= 4 is 34.0 Å². The highest BCUT2D eigenvalue weighted by molar-refractivity contribution is 7.16. The SMILES string of the molecule is CC(=O)Nc1nc(Cl)c(C(O)C(C)C)s1. The van der Waals surface area contributed by atoms with Crippen LogP contribution in [0.15, 0.2) is 0 Å². The smallest absolute Gasteiger partial charge is 0.223 e. The van der Waals surface area contributed by atoms with Crippen molar-refractivity contribution in [3.8, 4) is 0 Å². The monoisotopic (exact) mass is 248 g/mol. The van der Waals surface area contributed by atoms with E-state index in [-0.39, 0.29) is 17.0 Å². The summed E-state index contributed by atoms with van der Waals surface area (Å²) in [6, 6.07) is 0. The standard InChI is InChI=1S/C9H13ClN2O2S/c1-4(2)6(14)7-8(10)12-9(15-7)11-5(3)13/h4,6,14H,1-3H3,(H,11,12,13). The van der Waals surface area contributed by atoms with Crippen LogP contribution in [-0.2, 0) is 4.79 Å². The molecule has 0 saturated carbocycles. The van der Waals surface area contributed by atoms with Gasteiger partial charge in [0.25, 0.3) is 0 Å². The first kappa shape index (κ1) is 12.4. The fourth-order valence-corrected chi connectivity index (χ4v) is 2.43. The van der Waals surface area contributed by atoms with Gasteiger partial charge in [0.2, 0.25) is 5.91 Å². The van der Waals surface area contributed by atoms with E-state index < -0.39 is 6.10 Å². The summed E-state index contributed by atoms with van der Waals surface area (Å²) in [5, 5.41) is 13.0. The van der Waals surface area contributed by atoms with Gasteiger partial charge in [-0.05, 0) is 5.92 Å². The topological polar surface area (TPSA) is 62.2 Å². The number of carbonyl (C=O) groups excluding carboxylic acids is 1. The van der Waals surface area contributed by atoms with Crippen LogP contribution in [0, 0.1) is 5.92 Å². The van der Waals surface area contributed by atoms with Crippen LogP contribution < -0.4 is 5.32 Å². The van der Waals surface area contributed by atoms with Crippen LogP contribution in [-0.4, -0.2) is 16.0 Å². The average Bonchev–Trinajstić information content (AvgIpc) is 2.44. The van der Waals surface area contributed by atoms with Crippen LogP contribution in [0.2, 0.25) is 5.15 Å². The van der Waals surface area contributed by atoms with Crippen LogP contribution in [0.3, 0.4) is 0 Å². The van der Waals surface area contributed by atoms with Crippen molar-refractivity contribution in [1.82, 2.24) is 4.98 Å². The van der Waals surface area contributed by atoms with Crippen molar-refractivity contribution < 1.29 is 9.90 Å². The van der Waals surface area contributed by atoms with Crippen LogP contribution in [0.1, 0.15) is 31.8 Å². The number of carbonyl (C=O) groups is 1. The molecule has 0 radical (unpaired) electrons. The Kier molecular flexibility index (Phi) is 4.07. The molecule has 1 atom stereocenters. The molecular weight excluding hydrogens is 236 g/mol. The summed E-state index contributed by atoms with van der Waals surface area (Å²) in [7, 11) is 0. The highest BCUT2D eigenvalue weighted by Crippen LogP contribution is 2.35. The van der Waals surface area contributed by atoms with Gasteiger partial charge in [-0.3, -0.25) is 4.79 Å². The Labute approximate surface area is 97.3 Å². The number of halogens is 1. The van der Waals surface area contributed by atoms with E-state index in [4.69, 9.17) is 11.6 Å². The molecule has 1 unspecified atom stereocenters. The van der Waals surface area contributed by atoms with Gasteiger partial charge in [-0.1, -0.05) is 36.8 Å². The molecule has 0 aliphatic rings. The first-order valence-corrected chi connectivity index (χ1v) is 5.73. The molecule has 0 saturated heterocycles. The third-order valence-corrected chi connectivity index (χ3v) is 3.23. The van der Waals surface area contributed by atoms with Crippen molar-refractivity contribution in [3.63, 3.8) is 0 Å². The summed E-state index contributed by atoms with van der Waals surface area (Å²) in [4.78, 5) is 15.3. The van der Waals surface area contributed by atoms with E-state index in [1.807, 2.05) is 13.8 Å². The molecule has 1 amide bonds. The molecule has 1 rings (SSSR count). The van der Waals surface area contributed by atoms with Crippen molar-refractivity contribution in [1.29, 1.82) is 0 Å². The Hall–Kier alpha value is -0.650. The summed E-state index contributed by atoms with van der Waals surface area (Å²) >= 11 is 7.05. The number of hydrogen-bond donors (Lipinski definition) is 2. The number of aliphatic hydroxyl groups excluding tert-OH is 1. The second kappa shape index (κ2) is 4.92. The largest absolute Gasteiger partial charge is 0.387 e. The normalized spacial score (nSPS) is 12.9. The molecule has 0 fully saturated rings. The van der Waals surface area contributed by atoms with Gasteiger partial charge in [-0.25, -0.2) is 4.98 Å². The lowest BCUT2D eigenvalue weighted by Gasteiger charge is -2.11. The van der Waals surface area contributed by atoms with Crippen LogP contribution in [0.5, 0.6) is 0 Å². The van der Waals surface area contributed by atoms with E-state index in [0.717, 1.165) is 0 Å². The van der Waals surface area contributed by atoms with Crippen LogP contribution in [0.4, 0.5) is 5.13 Å². The average molecular weight is 249 g/mol. The summed E-state index contributed by atoms with van der Waals surface area (Å²) in [6.45, 7) is 5.17. The number of hydrogen-bond acceptors (Lipinski definition) is 4. The molecule has 0 bridgehead atoms. The first-order valence-electron chi connectivity index (χ1n) is 4.53. The Morgan fingerprint density at radius 3 is 2.67 bits per heavy atom. The third-order valence-electron chi connectivity index (χ3n) is 1.79. The molecule has 0 aliphatic heterocycles. The number of aliphatic hydroxyl groups is 1. The molecule has 1 heterocycles. The van der Waals surface area contributed by atoms with E-state index in [0.29, 0.717) is 10.0 Å². The molecule has 84 valence electrons. The maximum absolute atomic E-state index is 10.8. The molecule has 4 nitrogen and oxygen atoms in total. The Morgan fingerprint density at radius 1 is 1.60 bits per heavy atom. The van der Waals surface area contributed by atoms with Gasteiger partial charge < -0.3 is 10.4 Å². The lowest BCUT2D eigenvalue weighted by molar-refractivity contribution is -0.114. The van der Waals surface area contributed by atoms with Crippen molar-refractivity contribution in [3.05, 3.63) is 10.0 Å². The molecule has 1 aromatic heterocycles. The zero-order valence-electron chi connectivity index (χ0n) is 8.74. The maximum Gasteiger partial charge on any atom is 0.223 e. The van der Waals surface area contributed by atoms with Gasteiger partial charge in [0.15, 0.2) is 5.13 Å². The lowest BCUT2D eigenvalue weighted by atomic mass is 10.1. The summed E-state index contributed by atoms with van der Waals surface area (Å²) < 4.78 is 0. The fourth-order valence-electron chi connectivity index (χ4n) is 1.00. The number of thiazole rings is 1.